The number of carbonyl (C=O) groups excluding carboxylic acids is 2. The molecule has 0 spiro atoms. The maximum absolute atomic E-state index is 14.7. The van der Waals surface area contributed by atoms with Crippen LogP contribution in [0.3, 0.4) is 0 Å². The first-order valence-corrected chi connectivity index (χ1v) is 11.9. The van der Waals surface area contributed by atoms with Crippen LogP contribution in [-0.2, 0) is 16.0 Å². The Morgan fingerprint density at radius 3 is 2.52 bits per heavy atom. The summed E-state index contributed by atoms with van der Waals surface area (Å²) < 4.78 is 63.0. The van der Waals surface area contributed by atoms with Gasteiger partial charge < -0.3 is 14.8 Å². The highest BCUT2D eigenvalue weighted by molar-refractivity contribution is 6.34. The van der Waals surface area contributed by atoms with Crippen molar-refractivity contribution in [3.05, 3.63) is 100.0 Å². The van der Waals surface area contributed by atoms with E-state index in [1.54, 1.807) is 42.6 Å². The second kappa shape index (κ2) is 12.0. The van der Waals surface area contributed by atoms with Crippen LogP contribution in [0.15, 0.2) is 60.8 Å². The van der Waals surface area contributed by atoms with Gasteiger partial charge in [0.25, 0.3) is 5.91 Å². The molecular formula is C28H18ClF4N3O4. The average Bonchev–Trinajstić information content (AvgIpc) is 2.94. The third-order valence-electron chi connectivity index (χ3n) is 5.95. The molecule has 12 heteroatoms. The van der Waals surface area contributed by atoms with Crippen molar-refractivity contribution in [1.82, 2.24) is 10.3 Å². The van der Waals surface area contributed by atoms with Crippen molar-refractivity contribution >= 4 is 40.1 Å². The number of hydrogen-bond acceptors (Lipinski definition) is 5. The summed E-state index contributed by atoms with van der Waals surface area (Å²) in [6, 6.07) is 11.4. The third-order valence-corrected chi connectivity index (χ3v) is 6.26. The molecule has 0 saturated heterocycles. The van der Waals surface area contributed by atoms with Gasteiger partial charge in [0, 0.05) is 28.6 Å². The number of esters is 1. The molecule has 0 unspecified atom stereocenters. The van der Waals surface area contributed by atoms with Gasteiger partial charge >= 0.3 is 12.6 Å². The molecule has 0 bridgehead atoms. The number of aromatic nitrogens is 1. The fourth-order valence-corrected chi connectivity index (χ4v) is 4.41. The summed E-state index contributed by atoms with van der Waals surface area (Å²) in [7, 11) is 1.07. The van der Waals surface area contributed by atoms with Crippen molar-refractivity contribution in [2.24, 2.45) is 0 Å². The lowest BCUT2D eigenvalue weighted by molar-refractivity contribution is -0.142. The van der Waals surface area contributed by atoms with Gasteiger partial charge in [-0.15, -0.1) is 0 Å². The molecule has 0 aliphatic heterocycles. The van der Waals surface area contributed by atoms with Crippen LogP contribution in [0.2, 0.25) is 5.02 Å². The lowest BCUT2D eigenvalue weighted by Crippen LogP contribution is -2.43. The smallest absolute Gasteiger partial charge is 0.387 e. The van der Waals surface area contributed by atoms with Gasteiger partial charge in [0.05, 0.1) is 19.2 Å². The van der Waals surface area contributed by atoms with Crippen molar-refractivity contribution in [2.45, 2.75) is 19.1 Å². The number of ether oxygens (including phenoxy) is 2. The molecule has 4 rings (SSSR count). The van der Waals surface area contributed by atoms with Crippen molar-refractivity contribution in [1.29, 1.82) is 0 Å². The monoisotopic (exact) mass is 571 g/mol. The second-order valence-corrected chi connectivity index (χ2v) is 8.72. The zero-order chi connectivity index (χ0) is 29.0. The zero-order valence-electron chi connectivity index (χ0n) is 20.6. The molecule has 1 aromatic heterocycles. The topological polar surface area (TPSA) is 81.9 Å². The average molecular weight is 572 g/mol. The molecule has 4 aromatic rings. The molecule has 0 radical (unpaired) electrons. The Morgan fingerprint density at radius 2 is 1.85 bits per heavy atom. The van der Waals surface area contributed by atoms with Crippen molar-refractivity contribution in [3.8, 4) is 16.9 Å². The van der Waals surface area contributed by atoms with Crippen LogP contribution in [0, 0.1) is 18.2 Å². The van der Waals surface area contributed by atoms with Gasteiger partial charge in [-0.1, -0.05) is 41.9 Å². The van der Waals surface area contributed by atoms with E-state index >= 15 is 0 Å². The Kier molecular flexibility index (Phi) is 8.50. The highest BCUT2D eigenvalue weighted by Gasteiger charge is 2.29. The van der Waals surface area contributed by atoms with Gasteiger partial charge in [-0.25, -0.2) is 18.4 Å². The molecule has 1 heterocycles. The van der Waals surface area contributed by atoms with Crippen LogP contribution in [0.4, 0.5) is 23.2 Å². The molecule has 0 saturated carbocycles. The lowest BCUT2D eigenvalue weighted by Gasteiger charge is -2.19. The van der Waals surface area contributed by atoms with E-state index in [1.165, 1.54) is 6.07 Å². The van der Waals surface area contributed by atoms with Gasteiger partial charge in [0.15, 0.2) is 17.3 Å². The normalized spacial score (nSPS) is 11.7. The largest absolute Gasteiger partial charge is 0.467 e. The van der Waals surface area contributed by atoms with Gasteiger partial charge in [-0.3, -0.25) is 9.78 Å². The van der Waals surface area contributed by atoms with Crippen molar-refractivity contribution < 1.29 is 36.6 Å². The maximum atomic E-state index is 14.7. The summed E-state index contributed by atoms with van der Waals surface area (Å²) >= 11 is 6.42. The summed E-state index contributed by atoms with van der Waals surface area (Å²) in [5.74, 6) is -6.34. The Morgan fingerprint density at radius 1 is 1.10 bits per heavy atom. The predicted octanol–water partition coefficient (Wildman–Crippen LogP) is 6.50. The highest BCUT2D eigenvalue weighted by atomic mass is 35.5. The number of amides is 1. The van der Waals surface area contributed by atoms with Crippen LogP contribution in [-0.4, -0.2) is 36.6 Å². The number of nitrogens with zero attached hydrogens (tertiary/aromatic N) is 2. The van der Waals surface area contributed by atoms with E-state index in [-0.39, 0.29) is 6.42 Å². The predicted molar refractivity (Wildman–Crippen MR) is 138 cm³/mol. The highest BCUT2D eigenvalue weighted by Crippen LogP contribution is 2.36. The quantitative estimate of drug-likeness (QED) is 0.148. The van der Waals surface area contributed by atoms with Crippen LogP contribution < -0.4 is 10.1 Å². The maximum Gasteiger partial charge on any atom is 0.387 e. The summed E-state index contributed by atoms with van der Waals surface area (Å²) in [5.41, 5.74) is 1.43. The number of hydrogen-bond donors (Lipinski definition) is 1. The fraction of sp³-hybridized carbons (Fsp3) is 0.143. The SMILES string of the molecule is [C-]#[N+]c1ccc(-c2ccc(C[C@H](NC(=O)c3c(F)ccc(OC(F)F)c3F)C(=O)OC)c3cccnc23)c(Cl)c1. The molecule has 0 fully saturated rings. The number of alkyl halides is 2. The standard InChI is InChI=1S/C28H18ClF4N3O4/c1-34-15-6-8-17(19(29)13-15)18-7-5-14(16-4-3-11-35-25(16)18)12-21(27(38)39-2)36-26(37)23-20(30)9-10-22(24(23)31)40-28(32)33/h3-11,13,21,28H,12H2,2H3,(H,36,37)/t21-/m0/s1. The summed E-state index contributed by atoms with van der Waals surface area (Å²) in [6.07, 6.45) is 1.37. The molecule has 40 heavy (non-hydrogen) atoms. The van der Waals surface area contributed by atoms with Gasteiger partial charge in [0.2, 0.25) is 0 Å². The molecule has 3 aromatic carbocycles. The Bertz CT molecular complexity index is 1660. The summed E-state index contributed by atoms with van der Waals surface area (Å²) in [5, 5.41) is 3.13. The number of carbonyl (C=O) groups is 2. The van der Waals surface area contributed by atoms with E-state index in [4.69, 9.17) is 22.9 Å². The second-order valence-electron chi connectivity index (χ2n) is 8.31. The number of nitrogens with one attached hydrogen (secondary N) is 1. The minimum absolute atomic E-state index is 0.179. The molecule has 0 aliphatic carbocycles. The molecule has 0 aliphatic rings. The minimum Gasteiger partial charge on any atom is -0.467 e. The van der Waals surface area contributed by atoms with E-state index in [0.29, 0.717) is 50.4 Å². The third kappa shape index (κ3) is 5.82. The Labute approximate surface area is 230 Å². The summed E-state index contributed by atoms with van der Waals surface area (Å²) in [4.78, 5) is 33.2. The number of pyridine rings is 1. The molecule has 7 nitrogen and oxygen atoms in total. The molecular weight excluding hydrogens is 554 g/mol. The van der Waals surface area contributed by atoms with E-state index in [1.807, 2.05) is 0 Å². The molecule has 1 atom stereocenters. The zero-order valence-corrected chi connectivity index (χ0v) is 21.3. The van der Waals surface area contributed by atoms with Crippen molar-refractivity contribution in [3.63, 3.8) is 0 Å². The van der Waals surface area contributed by atoms with E-state index < -0.39 is 47.5 Å². The number of benzene rings is 3. The van der Waals surface area contributed by atoms with Crippen LogP contribution in [0.25, 0.3) is 26.9 Å². The van der Waals surface area contributed by atoms with Crippen LogP contribution in [0.1, 0.15) is 15.9 Å². The molecule has 1 N–H and O–H groups in total. The number of halogens is 5. The Hall–Kier alpha value is -4.69. The molecule has 1 amide bonds. The van der Waals surface area contributed by atoms with E-state index in [0.717, 1.165) is 7.11 Å². The lowest BCUT2D eigenvalue weighted by atomic mass is 9.95. The van der Waals surface area contributed by atoms with E-state index in [9.17, 15) is 27.2 Å². The minimum atomic E-state index is -3.41. The van der Waals surface area contributed by atoms with Crippen LogP contribution in [0.5, 0.6) is 5.75 Å². The molecule has 204 valence electrons. The van der Waals surface area contributed by atoms with Crippen LogP contribution >= 0.6 is 11.6 Å². The number of fused-ring (bicyclic) bond motifs is 1. The number of methoxy groups -OCH3 is 1. The first-order chi connectivity index (χ1) is 19.1. The summed E-state index contributed by atoms with van der Waals surface area (Å²) in [6.45, 7) is 3.75. The Balaban J connectivity index is 1.70. The van der Waals surface area contributed by atoms with Gasteiger partial charge in [-0.2, -0.15) is 8.78 Å². The van der Waals surface area contributed by atoms with Crippen molar-refractivity contribution in [2.75, 3.05) is 7.11 Å². The van der Waals surface area contributed by atoms with Gasteiger partial charge in [0.1, 0.15) is 17.4 Å². The first-order valence-electron chi connectivity index (χ1n) is 11.5. The number of rotatable bonds is 8. The van der Waals surface area contributed by atoms with E-state index in [2.05, 4.69) is 19.9 Å². The fourth-order valence-electron chi connectivity index (χ4n) is 4.13. The van der Waals surface area contributed by atoms with Gasteiger partial charge in [-0.05, 0) is 35.4 Å². The first kappa shape index (κ1) is 28.3.